The number of hydrogen-bond acceptors (Lipinski definition) is 5. The SMILES string of the molecule is Cc1nc(CC(NN)c2nccc3ccccc23)cs1. The van der Waals surface area contributed by atoms with Crippen molar-refractivity contribution in [3.8, 4) is 0 Å². The number of hydrazine groups is 1. The van der Waals surface area contributed by atoms with E-state index in [4.69, 9.17) is 5.84 Å². The molecule has 0 amide bonds. The minimum absolute atomic E-state index is 0.0393. The second-order valence-corrected chi connectivity index (χ2v) is 5.76. The number of nitrogens with two attached hydrogens (primary N) is 1. The Bertz CT molecular complexity index is 717. The van der Waals surface area contributed by atoms with Crippen LogP contribution in [0.1, 0.15) is 22.4 Å². The maximum absolute atomic E-state index is 5.74. The van der Waals surface area contributed by atoms with Crippen molar-refractivity contribution in [2.75, 3.05) is 0 Å². The monoisotopic (exact) mass is 284 g/mol. The molecule has 20 heavy (non-hydrogen) atoms. The molecule has 2 aromatic heterocycles. The van der Waals surface area contributed by atoms with Crippen LogP contribution in [-0.2, 0) is 6.42 Å². The molecule has 0 saturated heterocycles. The van der Waals surface area contributed by atoms with E-state index >= 15 is 0 Å². The van der Waals surface area contributed by atoms with Gasteiger partial charge in [-0.3, -0.25) is 16.3 Å². The lowest BCUT2D eigenvalue weighted by molar-refractivity contribution is 0.538. The number of pyridine rings is 1. The van der Waals surface area contributed by atoms with E-state index in [1.807, 2.05) is 31.3 Å². The molecule has 1 aromatic carbocycles. The standard InChI is InChI=1S/C15H16N4S/c1-10-18-12(9-20-10)8-14(19-16)15-13-5-3-2-4-11(13)6-7-17-15/h2-7,9,14,19H,8,16H2,1H3. The summed E-state index contributed by atoms with van der Waals surface area (Å²) in [5.41, 5.74) is 4.89. The Hall–Kier alpha value is -1.82. The molecule has 3 aromatic rings. The molecule has 5 heteroatoms. The topological polar surface area (TPSA) is 63.8 Å². The van der Waals surface area contributed by atoms with Gasteiger partial charge in [-0.15, -0.1) is 11.3 Å². The molecular weight excluding hydrogens is 268 g/mol. The predicted molar refractivity (Wildman–Crippen MR) is 82.4 cm³/mol. The van der Waals surface area contributed by atoms with Crippen LogP contribution in [0.2, 0.25) is 0 Å². The van der Waals surface area contributed by atoms with E-state index in [1.165, 1.54) is 5.39 Å². The van der Waals surface area contributed by atoms with E-state index in [-0.39, 0.29) is 6.04 Å². The maximum Gasteiger partial charge on any atom is 0.0897 e. The molecule has 1 unspecified atom stereocenters. The zero-order valence-electron chi connectivity index (χ0n) is 11.2. The van der Waals surface area contributed by atoms with Crippen LogP contribution in [0.25, 0.3) is 10.8 Å². The molecule has 3 rings (SSSR count). The normalized spacial score (nSPS) is 12.7. The number of benzene rings is 1. The first kappa shape index (κ1) is 13.2. The molecule has 0 aliphatic rings. The van der Waals surface area contributed by atoms with Gasteiger partial charge >= 0.3 is 0 Å². The molecular formula is C15H16N4S. The first-order valence-electron chi connectivity index (χ1n) is 6.48. The number of nitrogens with one attached hydrogen (secondary N) is 1. The van der Waals surface area contributed by atoms with Crippen LogP contribution in [0.15, 0.2) is 41.9 Å². The first-order chi connectivity index (χ1) is 9.78. The molecule has 3 N–H and O–H groups in total. The van der Waals surface area contributed by atoms with E-state index < -0.39 is 0 Å². The maximum atomic E-state index is 5.74. The second-order valence-electron chi connectivity index (χ2n) is 4.70. The number of aromatic nitrogens is 2. The molecule has 4 nitrogen and oxygen atoms in total. The van der Waals surface area contributed by atoms with Crippen molar-refractivity contribution >= 4 is 22.1 Å². The van der Waals surface area contributed by atoms with Crippen LogP contribution >= 0.6 is 11.3 Å². The van der Waals surface area contributed by atoms with Crippen molar-refractivity contribution in [1.82, 2.24) is 15.4 Å². The molecule has 102 valence electrons. The number of fused-ring (bicyclic) bond motifs is 1. The third-order valence-electron chi connectivity index (χ3n) is 3.32. The number of rotatable bonds is 4. The summed E-state index contributed by atoms with van der Waals surface area (Å²) < 4.78 is 0. The number of hydrogen-bond donors (Lipinski definition) is 2. The van der Waals surface area contributed by atoms with Crippen LogP contribution in [0, 0.1) is 6.92 Å². The van der Waals surface area contributed by atoms with Gasteiger partial charge in [0.1, 0.15) is 0 Å². The molecule has 0 radical (unpaired) electrons. The van der Waals surface area contributed by atoms with Gasteiger partial charge in [-0.25, -0.2) is 4.98 Å². The van der Waals surface area contributed by atoms with Gasteiger partial charge in [0.15, 0.2) is 0 Å². The van der Waals surface area contributed by atoms with Gasteiger partial charge in [-0.05, 0) is 18.4 Å². The lowest BCUT2D eigenvalue weighted by atomic mass is 10.0. The Kier molecular flexibility index (Phi) is 3.73. The quantitative estimate of drug-likeness (QED) is 0.571. The van der Waals surface area contributed by atoms with Crippen molar-refractivity contribution in [3.63, 3.8) is 0 Å². The third kappa shape index (κ3) is 2.56. The fourth-order valence-electron chi connectivity index (χ4n) is 2.37. The van der Waals surface area contributed by atoms with Crippen LogP contribution in [-0.4, -0.2) is 9.97 Å². The molecule has 0 aliphatic carbocycles. The summed E-state index contributed by atoms with van der Waals surface area (Å²) in [5, 5.41) is 5.45. The first-order valence-corrected chi connectivity index (χ1v) is 7.36. The van der Waals surface area contributed by atoms with Gasteiger partial charge in [-0.2, -0.15) is 0 Å². The summed E-state index contributed by atoms with van der Waals surface area (Å²) in [6.45, 7) is 2.01. The highest BCUT2D eigenvalue weighted by Gasteiger charge is 2.16. The summed E-state index contributed by atoms with van der Waals surface area (Å²) in [7, 11) is 0. The predicted octanol–water partition coefficient (Wildman–Crippen LogP) is 2.75. The minimum atomic E-state index is -0.0393. The van der Waals surface area contributed by atoms with Gasteiger partial charge in [0.05, 0.1) is 22.4 Å². The Balaban J connectivity index is 1.98. The largest absolute Gasteiger partial charge is 0.271 e. The van der Waals surface area contributed by atoms with E-state index in [0.29, 0.717) is 0 Å². The number of aryl methyl sites for hydroxylation is 1. The van der Waals surface area contributed by atoms with E-state index in [2.05, 4.69) is 32.9 Å². The van der Waals surface area contributed by atoms with Crippen LogP contribution in [0.4, 0.5) is 0 Å². The average molecular weight is 284 g/mol. The molecule has 0 spiro atoms. The van der Waals surface area contributed by atoms with Crippen molar-refractivity contribution < 1.29 is 0 Å². The van der Waals surface area contributed by atoms with Gasteiger partial charge in [0.25, 0.3) is 0 Å². The van der Waals surface area contributed by atoms with Gasteiger partial charge in [0.2, 0.25) is 0 Å². The zero-order chi connectivity index (χ0) is 13.9. The average Bonchev–Trinajstić information content (AvgIpc) is 2.89. The Morgan fingerprint density at radius 3 is 2.90 bits per heavy atom. The summed E-state index contributed by atoms with van der Waals surface area (Å²) >= 11 is 1.66. The zero-order valence-corrected chi connectivity index (χ0v) is 12.0. The van der Waals surface area contributed by atoms with E-state index in [9.17, 15) is 0 Å². The lowest BCUT2D eigenvalue weighted by Gasteiger charge is -2.16. The van der Waals surface area contributed by atoms with Crippen LogP contribution in [0.3, 0.4) is 0 Å². The highest BCUT2D eigenvalue weighted by molar-refractivity contribution is 7.09. The van der Waals surface area contributed by atoms with Gasteiger partial charge in [0, 0.05) is 23.4 Å². The lowest BCUT2D eigenvalue weighted by Crippen LogP contribution is -2.30. The highest BCUT2D eigenvalue weighted by Crippen LogP contribution is 2.24. The summed E-state index contributed by atoms with van der Waals surface area (Å²) in [5.74, 6) is 5.74. The molecule has 0 bridgehead atoms. The smallest absolute Gasteiger partial charge is 0.0897 e. The van der Waals surface area contributed by atoms with Gasteiger partial charge < -0.3 is 0 Å². The Labute approximate surface area is 121 Å². The summed E-state index contributed by atoms with van der Waals surface area (Å²) in [6, 6.07) is 10.2. The second kappa shape index (κ2) is 5.66. The summed E-state index contributed by atoms with van der Waals surface area (Å²) in [4.78, 5) is 9.01. The fourth-order valence-corrected chi connectivity index (χ4v) is 2.99. The third-order valence-corrected chi connectivity index (χ3v) is 4.14. The van der Waals surface area contributed by atoms with Crippen molar-refractivity contribution in [2.24, 2.45) is 5.84 Å². The van der Waals surface area contributed by atoms with Crippen molar-refractivity contribution in [3.05, 3.63) is 58.3 Å². The molecule has 0 saturated carbocycles. The van der Waals surface area contributed by atoms with Crippen molar-refractivity contribution in [1.29, 1.82) is 0 Å². The Morgan fingerprint density at radius 1 is 1.30 bits per heavy atom. The molecule has 0 fully saturated rings. The highest BCUT2D eigenvalue weighted by atomic mass is 32.1. The van der Waals surface area contributed by atoms with Gasteiger partial charge in [-0.1, -0.05) is 24.3 Å². The fraction of sp³-hybridized carbons (Fsp3) is 0.200. The van der Waals surface area contributed by atoms with E-state index in [0.717, 1.165) is 28.2 Å². The van der Waals surface area contributed by atoms with E-state index in [1.54, 1.807) is 11.3 Å². The molecule has 0 aliphatic heterocycles. The summed E-state index contributed by atoms with van der Waals surface area (Å²) in [6.07, 6.45) is 2.57. The molecule has 1 atom stereocenters. The number of thiazole rings is 1. The Morgan fingerprint density at radius 2 is 2.15 bits per heavy atom. The minimum Gasteiger partial charge on any atom is -0.271 e. The molecule has 2 heterocycles. The van der Waals surface area contributed by atoms with Crippen LogP contribution in [0.5, 0.6) is 0 Å². The van der Waals surface area contributed by atoms with Crippen LogP contribution < -0.4 is 11.3 Å². The van der Waals surface area contributed by atoms with Crippen molar-refractivity contribution in [2.45, 2.75) is 19.4 Å². The number of nitrogens with zero attached hydrogens (tertiary/aromatic N) is 2.